The Morgan fingerprint density at radius 2 is 2.04 bits per heavy atom. The Morgan fingerprint density at radius 1 is 1.26 bits per heavy atom. The van der Waals surface area contributed by atoms with E-state index >= 15 is 0 Å². The molecule has 23 heavy (non-hydrogen) atoms. The zero-order valence-electron chi connectivity index (χ0n) is 12.4. The van der Waals surface area contributed by atoms with Crippen molar-refractivity contribution >= 4 is 29.0 Å². The number of aromatic nitrogens is 3. The number of nitrogens with zero attached hydrogens (tertiary/aromatic N) is 2. The highest BCUT2D eigenvalue weighted by atomic mass is 32.1. The van der Waals surface area contributed by atoms with Crippen LogP contribution < -0.4 is 5.56 Å². The van der Waals surface area contributed by atoms with E-state index in [2.05, 4.69) is 15.0 Å². The average molecular weight is 326 g/mol. The highest BCUT2D eigenvalue weighted by Crippen LogP contribution is 2.09. The molecular formula is C16H14N4O2S. The number of hydrogen-bond donors (Lipinski definition) is 2. The summed E-state index contributed by atoms with van der Waals surface area (Å²) < 4.78 is 0.379. The Kier molecular flexibility index (Phi) is 4.03. The molecule has 2 heterocycles. The molecule has 0 aliphatic rings. The maximum Gasteiger partial charge on any atom is 0.258 e. The number of nitrogens with one attached hydrogen (secondary N) is 2. The van der Waals surface area contributed by atoms with E-state index in [9.17, 15) is 9.59 Å². The van der Waals surface area contributed by atoms with E-state index in [-0.39, 0.29) is 18.0 Å². The number of rotatable bonds is 3. The first kappa shape index (κ1) is 15.1. The van der Waals surface area contributed by atoms with Crippen LogP contribution in [-0.2, 0) is 6.54 Å². The third kappa shape index (κ3) is 3.04. The number of aromatic amines is 2. The van der Waals surface area contributed by atoms with Gasteiger partial charge in [-0.15, -0.1) is 0 Å². The smallest absolute Gasteiger partial charge is 0.258 e. The molecule has 6 nitrogen and oxygen atoms in total. The minimum Gasteiger partial charge on any atom is -0.352 e. The summed E-state index contributed by atoms with van der Waals surface area (Å²) in [4.78, 5) is 35.9. The molecule has 0 spiro atoms. The maximum absolute atomic E-state index is 12.4. The lowest BCUT2D eigenvalue weighted by Crippen LogP contribution is -2.28. The predicted molar refractivity (Wildman–Crippen MR) is 89.8 cm³/mol. The van der Waals surface area contributed by atoms with E-state index in [1.165, 1.54) is 4.90 Å². The number of hydrogen-bond acceptors (Lipinski definition) is 4. The molecule has 0 unspecified atom stereocenters. The Bertz CT molecular complexity index is 993. The number of pyridine rings is 1. The predicted octanol–water partition coefficient (Wildman–Crippen LogP) is 2.25. The molecule has 0 aliphatic carbocycles. The monoisotopic (exact) mass is 326 g/mol. The Morgan fingerprint density at radius 3 is 2.83 bits per heavy atom. The number of amides is 1. The number of carbonyl (C=O) groups is 1. The number of benzene rings is 1. The van der Waals surface area contributed by atoms with Crippen molar-refractivity contribution in [2.75, 3.05) is 7.05 Å². The fourth-order valence-corrected chi connectivity index (χ4v) is 2.53. The van der Waals surface area contributed by atoms with Gasteiger partial charge in [-0.2, -0.15) is 0 Å². The molecule has 1 aromatic carbocycles. The zero-order chi connectivity index (χ0) is 16.4. The van der Waals surface area contributed by atoms with Gasteiger partial charge in [0.25, 0.3) is 11.5 Å². The topological polar surface area (TPSA) is 81.8 Å². The van der Waals surface area contributed by atoms with Crippen molar-refractivity contribution in [3.05, 3.63) is 69.0 Å². The lowest BCUT2D eigenvalue weighted by Gasteiger charge is -2.16. The number of carbonyl (C=O) groups excluding carboxylic acids is 1. The van der Waals surface area contributed by atoms with Crippen molar-refractivity contribution in [1.29, 1.82) is 0 Å². The summed E-state index contributed by atoms with van der Waals surface area (Å²) in [6.45, 7) is 0.183. The largest absolute Gasteiger partial charge is 0.352 e. The van der Waals surface area contributed by atoms with Gasteiger partial charge in [0.15, 0.2) is 0 Å². The molecule has 0 saturated heterocycles. The number of H-pyrrole nitrogens is 2. The first-order valence-corrected chi connectivity index (χ1v) is 7.38. The molecule has 3 rings (SSSR count). The summed E-state index contributed by atoms with van der Waals surface area (Å²) in [6.07, 6.45) is 1.67. The van der Waals surface area contributed by atoms with Gasteiger partial charge in [0.1, 0.15) is 10.5 Å². The zero-order valence-corrected chi connectivity index (χ0v) is 13.2. The number of para-hydroxylation sites is 1. The molecule has 2 aromatic heterocycles. The van der Waals surface area contributed by atoms with Crippen molar-refractivity contribution in [2.24, 2.45) is 0 Å². The molecule has 3 aromatic rings. The number of fused-ring (bicyclic) bond motifs is 1. The fourth-order valence-electron chi connectivity index (χ4n) is 2.30. The molecule has 0 saturated carbocycles. The third-order valence-electron chi connectivity index (χ3n) is 3.44. The van der Waals surface area contributed by atoms with Crippen molar-refractivity contribution in [2.45, 2.75) is 6.54 Å². The van der Waals surface area contributed by atoms with Crippen LogP contribution in [0.2, 0.25) is 0 Å². The maximum atomic E-state index is 12.4. The van der Waals surface area contributed by atoms with Gasteiger partial charge in [-0.3, -0.25) is 9.59 Å². The summed E-state index contributed by atoms with van der Waals surface area (Å²) in [6, 6.07) is 10.5. The molecule has 0 atom stereocenters. The lowest BCUT2D eigenvalue weighted by molar-refractivity contribution is 0.0780. The summed E-state index contributed by atoms with van der Waals surface area (Å²) in [5.41, 5.74) is 0.792. The molecule has 116 valence electrons. The fraction of sp³-hybridized carbons (Fsp3) is 0.125. The van der Waals surface area contributed by atoms with Crippen LogP contribution in [0.25, 0.3) is 10.9 Å². The molecule has 0 bridgehead atoms. The van der Waals surface area contributed by atoms with Gasteiger partial charge < -0.3 is 14.9 Å². The van der Waals surface area contributed by atoms with Gasteiger partial charge >= 0.3 is 0 Å². The quantitative estimate of drug-likeness (QED) is 0.723. The minimum absolute atomic E-state index is 0.183. The van der Waals surface area contributed by atoms with E-state index in [1.807, 2.05) is 6.07 Å². The molecule has 0 radical (unpaired) electrons. The molecule has 7 heteroatoms. The van der Waals surface area contributed by atoms with E-state index in [4.69, 9.17) is 12.2 Å². The van der Waals surface area contributed by atoms with Crippen LogP contribution in [0.4, 0.5) is 0 Å². The van der Waals surface area contributed by atoms with Gasteiger partial charge in [-0.1, -0.05) is 24.4 Å². The Labute approximate surface area is 136 Å². The third-order valence-corrected chi connectivity index (χ3v) is 3.78. The van der Waals surface area contributed by atoms with Gasteiger partial charge in [0.2, 0.25) is 0 Å². The van der Waals surface area contributed by atoms with Crippen LogP contribution in [0, 0.1) is 4.64 Å². The second kappa shape index (κ2) is 6.13. The van der Waals surface area contributed by atoms with Gasteiger partial charge in [0, 0.05) is 13.2 Å². The molecular weight excluding hydrogens is 312 g/mol. The molecule has 1 amide bonds. The Hall–Kier alpha value is -2.80. The SMILES string of the molecule is CN(Cc1nc2ccccc2c(=O)[nH]1)C(=O)c1ccc[nH]c1=S. The lowest BCUT2D eigenvalue weighted by atomic mass is 10.2. The second-order valence-electron chi connectivity index (χ2n) is 5.10. The van der Waals surface area contributed by atoms with Gasteiger partial charge in [-0.05, 0) is 24.3 Å². The first-order chi connectivity index (χ1) is 11.1. The van der Waals surface area contributed by atoms with Crippen molar-refractivity contribution in [3.8, 4) is 0 Å². The molecule has 2 N–H and O–H groups in total. The van der Waals surface area contributed by atoms with Gasteiger partial charge in [-0.25, -0.2) is 4.98 Å². The molecule has 0 fully saturated rings. The first-order valence-electron chi connectivity index (χ1n) is 6.97. The van der Waals surface area contributed by atoms with Gasteiger partial charge in [0.05, 0.1) is 23.0 Å². The van der Waals surface area contributed by atoms with Crippen LogP contribution in [0.1, 0.15) is 16.2 Å². The van der Waals surface area contributed by atoms with E-state index in [1.54, 1.807) is 43.6 Å². The standard InChI is InChI=1S/C16H14N4O2S/c1-20(16(22)11-6-4-8-17-15(11)23)9-13-18-12-7-3-2-5-10(12)14(21)19-13/h2-8H,9H2,1H3,(H,17,23)(H,18,19,21). The van der Waals surface area contributed by atoms with E-state index in [0.717, 1.165) is 0 Å². The van der Waals surface area contributed by atoms with Crippen LogP contribution in [0.5, 0.6) is 0 Å². The van der Waals surface area contributed by atoms with Crippen LogP contribution in [0.15, 0.2) is 47.4 Å². The van der Waals surface area contributed by atoms with Crippen LogP contribution in [0.3, 0.4) is 0 Å². The summed E-state index contributed by atoms with van der Waals surface area (Å²) in [5, 5.41) is 0.524. The minimum atomic E-state index is -0.234. The normalized spacial score (nSPS) is 10.7. The van der Waals surface area contributed by atoms with E-state index < -0.39 is 0 Å². The van der Waals surface area contributed by atoms with Crippen molar-refractivity contribution in [1.82, 2.24) is 19.9 Å². The molecule has 0 aliphatic heterocycles. The summed E-state index contributed by atoms with van der Waals surface area (Å²) in [5.74, 6) is 0.193. The highest BCUT2D eigenvalue weighted by Gasteiger charge is 2.15. The average Bonchev–Trinajstić information content (AvgIpc) is 2.54. The second-order valence-corrected chi connectivity index (χ2v) is 5.51. The summed E-state index contributed by atoms with van der Waals surface area (Å²) >= 11 is 5.12. The summed E-state index contributed by atoms with van der Waals surface area (Å²) in [7, 11) is 1.64. The van der Waals surface area contributed by atoms with E-state index in [0.29, 0.717) is 26.9 Å². The van der Waals surface area contributed by atoms with Crippen LogP contribution in [-0.4, -0.2) is 32.8 Å². The Balaban J connectivity index is 1.90. The van der Waals surface area contributed by atoms with Crippen molar-refractivity contribution in [3.63, 3.8) is 0 Å². The highest BCUT2D eigenvalue weighted by molar-refractivity contribution is 7.71. The van der Waals surface area contributed by atoms with Crippen LogP contribution >= 0.6 is 12.2 Å². The van der Waals surface area contributed by atoms with Crippen molar-refractivity contribution < 1.29 is 4.79 Å².